The fourth-order valence-corrected chi connectivity index (χ4v) is 10.7. The number of benzene rings is 1. The van der Waals surface area contributed by atoms with E-state index in [2.05, 4.69) is 21.3 Å². The molecule has 5 N–H and O–H groups in total. The van der Waals surface area contributed by atoms with Gasteiger partial charge in [-0.3, -0.25) is 14.4 Å². The van der Waals surface area contributed by atoms with Crippen molar-refractivity contribution in [1.82, 2.24) is 30.8 Å². The van der Waals surface area contributed by atoms with Gasteiger partial charge in [0.05, 0.1) is 30.9 Å². The number of aromatic nitrogens is 2. The molecule has 1 unspecified atom stereocenters. The molecule has 3 aliphatic carbocycles. The molecule has 0 bridgehead atoms. The minimum absolute atomic E-state index is 0.0134. The van der Waals surface area contributed by atoms with E-state index in [9.17, 15) is 29.1 Å². The Morgan fingerprint density at radius 3 is 2.39 bits per heavy atom. The van der Waals surface area contributed by atoms with Crippen molar-refractivity contribution in [2.45, 2.75) is 152 Å². The standard InChI is InChI=1S/C46H61N7O8S/c1-26(2)47-45-50-36(25-62-45)35-22-38(32-19-18-30(60-3)20-34(32)48-35)61-31-21-37-41(55)52-46(43(57)58)23-29(46)14-10-5-4-6-11-15-33(42(56)53(37)24-31)49-44(59)51-39(40(54)28-16-17-28)27-12-8-7-9-13-27/h18-20,22,25-29,31,33,37,39H,4-17,21,23-24H2,1-3H3,(H,47,50)(H,52,55)(H,57,58)(H2,49,51,59)/t29?,31-,33+,37+,39+,46-/m1/s1. The summed E-state index contributed by atoms with van der Waals surface area (Å²) in [4.78, 5) is 80.7. The number of carbonyl (C=O) groups is 5. The van der Waals surface area contributed by atoms with Crippen molar-refractivity contribution in [3.63, 3.8) is 0 Å². The number of anilines is 1. The van der Waals surface area contributed by atoms with Gasteiger partial charge in [0.2, 0.25) is 11.8 Å². The average Bonchev–Trinajstić information content (AvgIpc) is 4.14. The first-order chi connectivity index (χ1) is 29.9. The van der Waals surface area contributed by atoms with E-state index >= 15 is 0 Å². The highest BCUT2D eigenvalue weighted by Gasteiger charge is 2.62. The van der Waals surface area contributed by atoms with Crippen molar-refractivity contribution >= 4 is 57.0 Å². The number of ketones is 1. The molecule has 2 aromatic heterocycles. The van der Waals surface area contributed by atoms with Crippen LogP contribution in [0.5, 0.6) is 11.5 Å². The van der Waals surface area contributed by atoms with Gasteiger partial charge in [0.25, 0.3) is 0 Å². The summed E-state index contributed by atoms with van der Waals surface area (Å²) < 4.78 is 12.3. The lowest BCUT2D eigenvalue weighted by atomic mass is 9.81. The Hall–Kier alpha value is -4.99. The number of hydrogen-bond donors (Lipinski definition) is 5. The van der Waals surface area contributed by atoms with Crippen LogP contribution in [-0.2, 0) is 19.2 Å². The highest BCUT2D eigenvalue weighted by atomic mass is 32.1. The van der Waals surface area contributed by atoms with Gasteiger partial charge in [-0.2, -0.15) is 0 Å². The van der Waals surface area contributed by atoms with E-state index in [4.69, 9.17) is 19.4 Å². The van der Waals surface area contributed by atoms with Gasteiger partial charge >= 0.3 is 12.0 Å². The lowest BCUT2D eigenvalue weighted by molar-refractivity contribution is -0.145. The number of carbonyl (C=O) groups excluding carboxylic acids is 4. The van der Waals surface area contributed by atoms with Gasteiger partial charge in [-0.05, 0) is 82.8 Å². The Kier molecular flexibility index (Phi) is 13.2. The maximum atomic E-state index is 14.9. The number of urea groups is 1. The Morgan fingerprint density at radius 1 is 0.935 bits per heavy atom. The summed E-state index contributed by atoms with van der Waals surface area (Å²) in [7, 11) is 1.58. The number of amides is 4. The van der Waals surface area contributed by atoms with Crippen LogP contribution in [0.25, 0.3) is 22.3 Å². The fourth-order valence-electron chi connectivity index (χ4n) is 9.82. The molecule has 5 aliphatic rings. The van der Waals surface area contributed by atoms with Gasteiger partial charge in [0.1, 0.15) is 40.9 Å². The summed E-state index contributed by atoms with van der Waals surface area (Å²) in [6.45, 7) is 4.09. The molecule has 2 saturated heterocycles. The second kappa shape index (κ2) is 18.8. The van der Waals surface area contributed by atoms with E-state index in [0.29, 0.717) is 59.5 Å². The number of aliphatic carboxylic acids is 1. The third-order valence-electron chi connectivity index (χ3n) is 13.5. The van der Waals surface area contributed by atoms with Gasteiger partial charge in [-0.15, -0.1) is 11.3 Å². The average molecular weight is 872 g/mol. The molecule has 0 spiro atoms. The van der Waals surface area contributed by atoms with Crippen LogP contribution in [-0.4, -0.2) is 99.0 Å². The third kappa shape index (κ3) is 9.79. The van der Waals surface area contributed by atoms with Crippen LogP contribution in [0.15, 0.2) is 29.6 Å². The number of rotatable bonds is 12. The van der Waals surface area contributed by atoms with Crippen LogP contribution >= 0.6 is 11.3 Å². The highest BCUT2D eigenvalue weighted by molar-refractivity contribution is 7.14. The maximum Gasteiger partial charge on any atom is 0.329 e. The van der Waals surface area contributed by atoms with E-state index in [-0.39, 0.29) is 42.5 Å². The molecule has 5 fully saturated rings. The molecule has 2 aliphatic heterocycles. The van der Waals surface area contributed by atoms with E-state index in [0.717, 1.165) is 75.8 Å². The van der Waals surface area contributed by atoms with E-state index in [1.54, 1.807) is 7.11 Å². The molecular weight excluding hydrogens is 811 g/mol. The number of pyridine rings is 1. The molecule has 4 heterocycles. The van der Waals surface area contributed by atoms with Crippen LogP contribution < -0.4 is 30.7 Å². The number of thiazole rings is 1. The molecule has 4 amide bonds. The van der Waals surface area contributed by atoms with E-state index in [1.807, 2.05) is 43.5 Å². The van der Waals surface area contributed by atoms with Gasteiger partial charge in [-0.25, -0.2) is 19.6 Å². The zero-order valence-electron chi connectivity index (χ0n) is 36.1. The van der Waals surface area contributed by atoms with Crippen molar-refractivity contribution in [3.05, 3.63) is 29.6 Å². The molecule has 15 nitrogen and oxygen atoms in total. The Morgan fingerprint density at radius 2 is 1.66 bits per heavy atom. The minimum atomic E-state index is -1.39. The van der Waals surface area contributed by atoms with Crippen molar-refractivity contribution in [2.24, 2.45) is 17.8 Å². The van der Waals surface area contributed by atoms with Crippen molar-refractivity contribution < 1.29 is 38.6 Å². The first-order valence-electron chi connectivity index (χ1n) is 22.8. The SMILES string of the molecule is COc1ccc2c(O[C@@H]3C[C@H]4C(=O)N[C@]5(C(=O)O)CC5CCCCCCC[C@H](NC(=O)N[C@H](C(=O)C5CC5)C5CCCCC5)C(=O)N4C3)cc(-c3csc(NC(C)C)n3)nc2c1. The second-order valence-electron chi connectivity index (χ2n) is 18.4. The first kappa shape index (κ1) is 43.7. The Labute approximate surface area is 366 Å². The van der Waals surface area contributed by atoms with Gasteiger partial charge in [0, 0.05) is 41.3 Å². The predicted octanol–water partition coefficient (Wildman–Crippen LogP) is 6.84. The topological polar surface area (TPSA) is 201 Å². The van der Waals surface area contributed by atoms with Crippen molar-refractivity contribution in [1.29, 1.82) is 0 Å². The second-order valence-corrected chi connectivity index (χ2v) is 19.3. The summed E-state index contributed by atoms with van der Waals surface area (Å²) in [6.07, 6.45) is 11.5. The molecule has 8 rings (SSSR count). The molecule has 16 heteroatoms. The summed E-state index contributed by atoms with van der Waals surface area (Å²) in [5.41, 5.74) is 0.434. The van der Waals surface area contributed by atoms with E-state index in [1.165, 1.54) is 16.2 Å². The predicted molar refractivity (Wildman–Crippen MR) is 235 cm³/mol. The lowest BCUT2D eigenvalue weighted by Gasteiger charge is -2.32. The quantitative estimate of drug-likeness (QED) is 0.128. The van der Waals surface area contributed by atoms with Crippen LogP contribution in [0.2, 0.25) is 0 Å². The van der Waals surface area contributed by atoms with Crippen LogP contribution in [0.4, 0.5) is 9.93 Å². The van der Waals surface area contributed by atoms with Crippen LogP contribution in [0.1, 0.15) is 117 Å². The van der Waals surface area contributed by atoms with Crippen LogP contribution in [0.3, 0.4) is 0 Å². The minimum Gasteiger partial charge on any atom is -0.497 e. The smallest absolute Gasteiger partial charge is 0.329 e. The molecule has 3 saturated carbocycles. The number of nitrogens with one attached hydrogen (secondary N) is 4. The highest BCUT2D eigenvalue weighted by Crippen LogP contribution is 2.48. The maximum absolute atomic E-state index is 14.9. The largest absolute Gasteiger partial charge is 0.497 e. The monoisotopic (exact) mass is 871 g/mol. The summed E-state index contributed by atoms with van der Waals surface area (Å²) in [5, 5.41) is 26.0. The summed E-state index contributed by atoms with van der Waals surface area (Å²) in [6, 6.07) is 4.27. The number of Topliss-reactive ketones (excluding diaryl/α,β-unsaturated/α-hetero) is 1. The van der Waals surface area contributed by atoms with Gasteiger partial charge < -0.3 is 40.7 Å². The fraction of sp³-hybridized carbons (Fsp3) is 0.630. The third-order valence-corrected chi connectivity index (χ3v) is 14.2. The number of ether oxygens (including phenoxy) is 2. The van der Waals surface area contributed by atoms with Crippen molar-refractivity contribution in [3.8, 4) is 22.9 Å². The summed E-state index contributed by atoms with van der Waals surface area (Å²) in [5.74, 6) is -1.08. The molecular formula is C46H61N7O8S. The van der Waals surface area contributed by atoms with Crippen molar-refractivity contribution in [2.75, 3.05) is 19.0 Å². The number of nitrogens with zero attached hydrogens (tertiary/aromatic N) is 3. The number of carboxylic acid groups (broad SMARTS) is 1. The number of hydrogen-bond acceptors (Lipinski definition) is 11. The normalized spacial score (nSPS) is 26.6. The molecule has 62 heavy (non-hydrogen) atoms. The molecule has 1 aromatic carbocycles. The van der Waals surface area contributed by atoms with Crippen LogP contribution in [0, 0.1) is 17.8 Å². The molecule has 6 atom stereocenters. The van der Waals surface area contributed by atoms with E-state index < -0.39 is 53.6 Å². The van der Waals surface area contributed by atoms with Gasteiger partial charge in [0.15, 0.2) is 10.9 Å². The first-order valence-corrected chi connectivity index (χ1v) is 23.6. The molecule has 3 aromatic rings. The number of fused-ring (bicyclic) bond motifs is 3. The van der Waals surface area contributed by atoms with Gasteiger partial charge in [-0.1, -0.05) is 51.4 Å². The Balaban J connectivity index is 1.09. The zero-order chi connectivity index (χ0) is 43.5. The summed E-state index contributed by atoms with van der Waals surface area (Å²) >= 11 is 1.47. The number of methoxy groups -OCH3 is 1. The lowest BCUT2D eigenvalue weighted by Crippen LogP contribution is -2.58. The number of carboxylic acids is 1. The zero-order valence-corrected chi connectivity index (χ0v) is 36.9. The molecule has 334 valence electrons. The Bertz CT molecular complexity index is 2150. The molecule has 0 radical (unpaired) electrons.